The minimum atomic E-state index is 0.0760. The van der Waals surface area contributed by atoms with Gasteiger partial charge in [0.05, 0.1) is 22.7 Å². The summed E-state index contributed by atoms with van der Waals surface area (Å²) in [7, 11) is 1.52. The van der Waals surface area contributed by atoms with Crippen LogP contribution in [0.25, 0.3) is 32.5 Å². The molecule has 160 valence electrons. The zero-order valence-corrected chi connectivity index (χ0v) is 18.4. The van der Waals surface area contributed by atoms with Gasteiger partial charge < -0.3 is 14.3 Å². The molecule has 0 aliphatic carbocycles. The van der Waals surface area contributed by atoms with E-state index < -0.39 is 0 Å². The molecule has 5 aromatic rings. The van der Waals surface area contributed by atoms with Crippen LogP contribution in [0.15, 0.2) is 76.2 Å². The van der Waals surface area contributed by atoms with Crippen LogP contribution in [0.3, 0.4) is 0 Å². The molecular formula is C25H21N3O3S. The van der Waals surface area contributed by atoms with Crippen LogP contribution in [-0.4, -0.2) is 17.2 Å². The molecular weight excluding hydrogens is 422 g/mol. The lowest BCUT2D eigenvalue weighted by molar-refractivity contribution is 0.373. The fourth-order valence-corrected chi connectivity index (χ4v) is 4.34. The number of benzene rings is 3. The molecule has 7 heteroatoms. The van der Waals surface area contributed by atoms with E-state index in [1.807, 2.05) is 36.4 Å². The first-order valence-electron chi connectivity index (χ1n) is 10.2. The van der Waals surface area contributed by atoms with Gasteiger partial charge in [-0.15, -0.1) is 0 Å². The van der Waals surface area contributed by atoms with Crippen molar-refractivity contribution in [3.05, 3.63) is 77.7 Å². The Bertz CT molecular complexity index is 1470. The van der Waals surface area contributed by atoms with Crippen molar-refractivity contribution in [2.24, 2.45) is 5.10 Å². The number of nitrogens with zero attached hydrogens (tertiary/aromatic N) is 2. The van der Waals surface area contributed by atoms with Crippen LogP contribution in [0.5, 0.6) is 11.5 Å². The van der Waals surface area contributed by atoms with E-state index in [0.717, 1.165) is 43.7 Å². The molecule has 2 aromatic heterocycles. The molecule has 0 unspecified atom stereocenters. The highest BCUT2D eigenvalue weighted by Gasteiger charge is 2.10. The highest BCUT2D eigenvalue weighted by molar-refractivity contribution is 7.22. The van der Waals surface area contributed by atoms with E-state index in [4.69, 9.17) is 9.15 Å². The maximum atomic E-state index is 9.95. The molecule has 2 N–H and O–H groups in total. The van der Waals surface area contributed by atoms with Gasteiger partial charge >= 0.3 is 0 Å². The number of fused-ring (bicyclic) bond motifs is 2. The van der Waals surface area contributed by atoms with Gasteiger partial charge in [-0.3, -0.25) is 5.43 Å². The molecule has 6 nitrogen and oxygen atoms in total. The molecule has 0 atom stereocenters. The summed E-state index contributed by atoms with van der Waals surface area (Å²) in [6.45, 7) is 2.12. The largest absolute Gasteiger partial charge is 0.504 e. The van der Waals surface area contributed by atoms with Crippen molar-refractivity contribution in [1.82, 2.24) is 4.98 Å². The van der Waals surface area contributed by atoms with Crippen LogP contribution < -0.4 is 15.5 Å². The molecule has 0 bridgehead atoms. The quantitative estimate of drug-likeness (QED) is 0.330. The van der Waals surface area contributed by atoms with E-state index in [9.17, 15) is 5.11 Å². The van der Waals surface area contributed by atoms with Crippen molar-refractivity contribution in [2.75, 3.05) is 12.5 Å². The van der Waals surface area contributed by atoms with Gasteiger partial charge in [-0.05, 0) is 54.4 Å². The van der Waals surface area contributed by atoms with Gasteiger partial charge in [0.15, 0.2) is 11.5 Å². The van der Waals surface area contributed by atoms with Gasteiger partial charge in [-0.25, -0.2) is 4.98 Å². The van der Waals surface area contributed by atoms with E-state index in [1.165, 1.54) is 12.7 Å². The predicted molar refractivity (Wildman–Crippen MR) is 128 cm³/mol. The first kappa shape index (κ1) is 20.1. The second-order valence-electron chi connectivity index (χ2n) is 7.28. The lowest BCUT2D eigenvalue weighted by Crippen LogP contribution is -2.08. The average molecular weight is 444 g/mol. The number of para-hydroxylation sites is 1. The number of hydrogen-bond donors (Lipinski definition) is 2. The maximum Gasteiger partial charge on any atom is 0.204 e. The van der Waals surface area contributed by atoms with Crippen LogP contribution in [-0.2, 0) is 6.42 Å². The molecule has 2 heterocycles. The Kier molecular flexibility index (Phi) is 5.25. The zero-order chi connectivity index (χ0) is 22.1. The van der Waals surface area contributed by atoms with Gasteiger partial charge in [-0.2, -0.15) is 5.10 Å². The van der Waals surface area contributed by atoms with Crippen molar-refractivity contribution in [3.63, 3.8) is 0 Å². The lowest BCUT2D eigenvalue weighted by atomic mass is 10.1. The fourth-order valence-electron chi connectivity index (χ4n) is 3.53. The van der Waals surface area contributed by atoms with Gasteiger partial charge in [0, 0.05) is 17.0 Å². The van der Waals surface area contributed by atoms with Gasteiger partial charge in [0.1, 0.15) is 11.3 Å². The number of phenols is 1. The summed E-state index contributed by atoms with van der Waals surface area (Å²) in [6.07, 6.45) is 0.914. The smallest absolute Gasteiger partial charge is 0.204 e. The van der Waals surface area contributed by atoms with E-state index in [0.29, 0.717) is 11.5 Å². The SMILES string of the molecule is CCc1ccc2oc(-c3ccc(O)c(OC)c3)c/c(=N\Nc3nc4ccccc4s3)c2c1. The van der Waals surface area contributed by atoms with Crippen molar-refractivity contribution >= 4 is 37.7 Å². The number of methoxy groups -OCH3 is 1. The van der Waals surface area contributed by atoms with E-state index in [-0.39, 0.29) is 5.75 Å². The summed E-state index contributed by atoms with van der Waals surface area (Å²) in [5, 5.41) is 17.0. The molecule has 0 spiro atoms. The van der Waals surface area contributed by atoms with Gasteiger partial charge in [0.25, 0.3) is 0 Å². The number of ether oxygens (including phenoxy) is 1. The van der Waals surface area contributed by atoms with E-state index in [1.54, 1.807) is 29.5 Å². The molecule has 0 aliphatic heterocycles. The van der Waals surface area contributed by atoms with Gasteiger partial charge in [-0.1, -0.05) is 36.5 Å². The molecule has 5 rings (SSSR count). The number of nitrogens with one attached hydrogen (secondary N) is 1. The number of aryl methyl sites for hydroxylation is 1. The highest BCUT2D eigenvalue weighted by atomic mass is 32.1. The summed E-state index contributed by atoms with van der Waals surface area (Å²) in [4.78, 5) is 4.60. The second kappa shape index (κ2) is 8.36. The molecule has 0 fully saturated rings. The summed E-state index contributed by atoms with van der Waals surface area (Å²) in [5.41, 5.74) is 6.75. The normalized spacial score (nSPS) is 11.9. The number of aromatic nitrogens is 1. The van der Waals surface area contributed by atoms with Crippen molar-refractivity contribution in [1.29, 1.82) is 0 Å². The number of rotatable bonds is 5. The highest BCUT2D eigenvalue weighted by Crippen LogP contribution is 2.32. The molecule has 0 aliphatic rings. The summed E-state index contributed by atoms with van der Waals surface area (Å²) < 4.78 is 12.5. The van der Waals surface area contributed by atoms with Gasteiger partial charge in [0.2, 0.25) is 5.13 Å². The molecule has 0 saturated carbocycles. The third kappa shape index (κ3) is 3.78. The lowest BCUT2D eigenvalue weighted by Gasteiger charge is -2.09. The van der Waals surface area contributed by atoms with Crippen LogP contribution in [0.1, 0.15) is 12.5 Å². The topological polar surface area (TPSA) is 79.9 Å². The minimum absolute atomic E-state index is 0.0760. The van der Waals surface area contributed by atoms with Crippen LogP contribution in [0.4, 0.5) is 5.13 Å². The van der Waals surface area contributed by atoms with E-state index >= 15 is 0 Å². The molecule has 0 radical (unpaired) electrons. The Balaban J connectivity index is 1.65. The monoisotopic (exact) mass is 443 g/mol. The second-order valence-corrected chi connectivity index (χ2v) is 8.31. The fraction of sp³-hybridized carbons (Fsp3) is 0.120. The molecule has 3 aromatic carbocycles. The molecule has 0 saturated heterocycles. The number of phenolic OH excluding ortho intramolecular Hbond substituents is 1. The molecule has 0 amide bonds. The number of aromatic hydroxyl groups is 1. The number of thiazole rings is 1. The minimum Gasteiger partial charge on any atom is -0.504 e. The van der Waals surface area contributed by atoms with Crippen LogP contribution >= 0.6 is 11.3 Å². The maximum absolute atomic E-state index is 9.95. The standard InChI is InChI=1S/C25H21N3O3S/c1-3-15-8-11-21-17(12-15)19(27-28-25-26-18-6-4-5-7-24(18)32-25)14-22(31-21)16-9-10-20(29)23(13-16)30-2/h4-14,29H,3H2,1-2H3,(H,26,28)/b27-19+. The summed E-state index contributed by atoms with van der Waals surface area (Å²) in [5.74, 6) is 1.07. The third-order valence-electron chi connectivity index (χ3n) is 5.25. The van der Waals surface area contributed by atoms with Crippen molar-refractivity contribution in [2.45, 2.75) is 13.3 Å². The Morgan fingerprint density at radius 1 is 1.09 bits per heavy atom. The number of hydrogen-bond acceptors (Lipinski definition) is 7. The van der Waals surface area contributed by atoms with Crippen LogP contribution in [0.2, 0.25) is 0 Å². The van der Waals surface area contributed by atoms with E-state index in [2.05, 4.69) is 34.6 Å². The Hall–Kier alpha value is -3.84. The first-order valence-corrected chi connectivity index (χ1v) is 11.1. The number of anilines is 1. The Morgan fingerprint density at radius 3 is 2.78 bits per heavy atom. The first-order chi connectivity index (χ1) is 15.6. The zero-order valence-electron chi connectivity index (χ0n) is 17.6. The molecule has 32 heavy (non-hydrogen) atoms. The Labute approximate surface area is 188 Å². The van der Waals surface area contributed by atoms with Crippen LogP contribution in [0, 0.1) is 0 Å². The Morgan fingerprint density at radius 2 is 1.97 bits per heavy atom. The van der Waals surface area contributed by atoms with Crippen molar-refractivity contribution in [3.8, 4) is 22.8 Å². The van der Waals surface area contributed by atoms with Crippen molar-refractivity contribution < 1.29 is 14.3 Å². The summed E-state index contributed by atoms with van der Waals surface area (Å²) in [6, 6.07) is 21.1. The predicted octanol–water partition coefficient (Wildman–Crippen LogP) is 5.91. The summed E-state index contributed by atoms with van der Waals surface area (Å²) >= 11 is 1.55. The average Bonchev–Trinajstić information content (AvgIpc) is 3.25. The third-order valence-corrected chi connectivity index (χ3v) is 6.19.